The van der Waals surface area contributed by atoms with Crippen molar-refractivity contribution in [2.45, 2.75) is 39.3 Å². The molecule has 2 unspecified atom stereocenters. The quantitative estimate of drug-likeness (QED) is 0.446. The number of allylic oxidation sites excluding steroid dienone is 1. The van der Waals surface area contributed by atoms with E-state index in [4.69, 9.17) is 32.9 Å². The summed E-state index contributed by atoms with van der Waals surface area (Å²) in [4.78, 5) is 20.7. The highest BCUT2D eigenvalue weighted by atomic mass is 35.5. The first-order chi connectivity index (χ1) is 14.8. The maximum atomic E-state index is 12.7. The second-order valence-electron chi connectivity index (χ2n) is 8.06. The van der Waals surface area contributed by atoms with Gasteiger partial charge in [-0.15, -0.1) is 0 Å². The SMILES string of the molecule is CCOC(=O)C1=C(C(C)C)N2C(=NC(C)(c3ccc(Cl)cc3)C2c2ccc(Cl)cc2)S1. The van der Waals surface area contributed by atoms with Crippen LogP contribution in [0.2, 0.25) is 10.0 Å². The van der Waals surface area contributed by atoms with Gasteiger partial charge in [0.2, 0.25) is 0 Å². The van der Waals surface area contributed by atoms with Gasteiger partial charge in [0.15, 0.2) is 5.17 Å². The number of carbonyl (C=O) groups is 1. The first kappa shape index (κ1) is 22.3. The van der Waals surface area contributed by atoms with Gasteiger partial charge < -0.3 is 9.64 Å². The van der Waals surface area contributed by atoms with Gasteiger partial charge in [0.05, 0.1) is 12.6 Å². The predicted molar refractivity (Wildman–Crippen MR) is 128 cm³/mol. The van der Waals surface area contributed by atoms with Crippen molar-refractivity contribution in [3.63, 3.8) is 0 Å². The molecule has 0 fully saturated rings. The van der Waals surface area contributed by atoms with Crippen molar-refractivity contribution < 1.29 is 9.53 Å². The van der Waals surface area contributed by atoms with Crippen molar-refractivity contribution in [1.82, 2.24) is 4.90 Å². The van der Waals surface area contributed by atoms with Crippen LogP contribution in [0, 0.1) is 5.92 Å². The Bertz CT molecular complexity index is 1060. The molecule has 4 rings (SSSR count). The second kappa shape index (κ2) is 8.53. The molecule has 2 aliphatic heterocycles. The lowest BCUT2D eigenvalue weighted by Gasteiger charge is -2.37. The van der Waals surface area contributed by atoms with Gasteiger partial charge in [0.1, 0.15) is 10.4 Å². The van der Waals surface area contributed by atoms with Gasteiger partial charge in [0, 0.05) is 15.7 Å². The molecule has 0 saturated carbocycles. The van der Waals surface area contributed by atoms with Gasteiger partial charge in [0.25, 0.3) is 0 Å². The highest BCUT2D eigenvalue weighted by Crippen LogP contribution is 2.56. The van der Waals surface area contributed by atoms with Gasteiger partial charge in [-0.25, -0.2) is 9.79 Å². The molecule has 2 heterocycles. The van der Waals surface area contributed by atoms with Crippen LogP contribution in [0.25, 0.3) is 0 Å². The summed E-state index contributed by atoms with van der Waals surface area (Å²) >= 11 is 13.7. The summed E-state index contributed by atoms with van der Waals surface area (Å²) in [6.45, 7) is 8.47. The molecule has 2 aliphatic rings. The summed E-state index contributed by atoms with van der Waals surface area (Å²) in [5.74, 6) is -0.182. The number of esters is 1. The van der Waals surface area contributed by atoms with Crippen molar-refractivity contribution in [2.75, 3.05) is 6.61 Å². The smallest absolute Gasteiger partial charge is 0.346 e. The predicted octanol–water partition coefficient (Wildman–Crippen LogP) is 6.80. The van der Waals surface area contributed by atoms with Gasteiger partial charge in [-0.05, 0) is 66.9 Å². The number of fused-ring (bicyclic) bond motifs is 1. The standard InChI is InChI=1S/C24H24Cl2N2O2S/c1-5-30-22(29)20-19(14(2)3)28-21(15-6-10-17(25)11-7-15)24(4,27-23(28)31-20)16-8-12-18(26)13-9-16/h6-14,21H,5H2,1-4H3. The van der Waals surface area contributed by atoms with Crippen LogP contribution in [0.1, 0.15) is 44.9 Å². The topological polar surface area (TPSA) is 41.9 Å². The Hall–Kier alpha value is -1.95. The molecule has 0 N–H and O–H groups in total. The number of nitrogens with zero attached hydrogens (tertiary/aromatic N) is 2. The van der Waals surface area contributed by atoms with E-state index in [1.165, 1.54) is 11.8 Å². The zero-order valence-corrected chi connectivity index (χ0v) is 20.2. The van der Waals surface area contributed by atoms with E-state index in [2.05, 4.69) is 25.7 Å². The number of rotatable bonds is 5. The molecule has 162 valence electrons. The van der Waals surface area contributed by atoms with Crippen LogP contribution in [0.4, 0.5) is 0 Å². The van der Waals surface area contributed by atoms with E-state index >= 15 is 0 Å². The number of hydrogen-bond acceptors (Lipinski definition) is 5. The molecule has 2 atom stereocenters. The Balaban J connectivity index is 1.89. The third kappa shape index (κ3) is 3.88. The number of carbonyl (C=O) groups excluding carboxylic acids is 1. The Morgan fingerprint density at radius 2 is 1.71 bits per heavy atom. The number of hydrogen-bond donors (Lipinski definition) is 0. The summed E-state index contributed by atoms with van der Waals surface area (Å²) in [5, 5.41) is 2.17. The monoisotopic (exact) mass is 474 g/mol. The average molecular weight is 475 g/mol. The van der Waals surface area contributed by atoms with Crippen LogP contribution < -0.4 is 0 Å². The fourth-order valence-corrected chi connectivity index (χ4v) is 5.81. The molecule has 0 radical (unpaired) electrons. The number of amidine groups is 1. The van der Waals surface area contributed by atoms with E-state index in [1.807, 2.05) is 55.5 Å². The first-order valence-corrected chi connectivity index (χ1v) is 11.8. The van der Waals surface area contributed by atoms with E-state index in [-0.39, 0.29) is 17.9 Å². The third-order valence-corrected chi connectivity index (χ3v) is 7.19. The second-order valence-corrected chi connectivity index (χ2v) is 9.91. The molecule has 0 aromatic heterocycles. The van der Waals surface area contributed by atoms with Crippen molar-refractivity contribution in [2.24, 2.45) is 10.9 Å². The Morgan fingerprint density at radius 1 is 1.13 bits per heavy atom. The van der Waals surface area contributed by atoms with Gasteiger partial charge >= 0.3 is 5.97 Å². The van der Waals surface area contributed by atoms with Gasteiger partial charge in [-0.3, -0.25) is 0 Å². The fraction of sp³-hybridized carbons (Fsp3) is 0.333. The highest BCUT2D eigenvalue weighted by molar-refractivity contribution is 8.18. The number of halogens is 2. The third-order valence-electron chi connectivity index (χ3n) is 5.63. The first-order valence-electron chi connectivity index (χ1n) is 10.3. The minimum Gasteiger partial charge on any atom is -0.462 e. The van der Waals surface area contributed by atoms with E-state index < -0.39 is 5.54 Å². The normalized spacial score (nSPS) is 22.7. The van der Waals surface area contributed by atoms with Crippen molar-refractivity contribution in [3.8, 4) is 0 Å². The Labute approximate surface area is 197 Å². The molecule has 0 bridgehead atoms. The molecule has 0 aliphatic carbocycles. The lowest BCUT2D eigenvalue weighted by molar-refractivity contribution is -0.137. The molecule has 0 amide bonds. The van der Waals surface area contributed by atoms with Crippen LogP contribution in [0.3, 0.4) is 0 Å². The van der Waals surface area contributed by atoms with E-state index in [0.29, 0.717) is 21.6 Å². The number of thioether (sulfide) groups is 1. The van der Waals surface area contributed by atoms with Gasteiger partial charge in [-0.2, -0.15) is 0 Å². The summed E-state index contributed by atoms with van der Waals surface area (Å²) < 4.78 is 5.35. The maximum absolute atomic E-state index is 12.7. The number of aliphatic imine (C=N–C) groups is 1. The molecule has 7 heteroatoms. The molecular weight excluding hydrogens is 451 g/mol. The van der Waals surface area contributed by atoms with Crippen LogP contribution in [-0.4, -0.2) is 22.6 Å². The minimum atomic E-state index is -0.568. The number of benzene rings is 2. The lowest BCUT2D eigenvalue weighted by Crippen LogP contribution is -2.36. The van der Waals surface area contributed by atoms with E-state index in [1.54, 1.807) is 0 Å². The highest BCUT2D eigenvalue weighted by Gasteiger charge is 2.53. The summed E-state index contributed by atoms with van der Waals surface area (Å²) in [6, 6.07) is 15.5. The zero-order chi connectivity index (χ0) is 22.3. The summed E-state index contributed by atoms with van der Waals surface area (Å²) in [7, 11) is 0. The number of ether oxygens (including phenoxy) is 1. The molecule has 0 saturated heterocycles. The summed E-state index contributed by atoms with van der Waals surface area (Å²) in [5.41, 5.74) is 2.51. The average Bonchev–Trinajstić information content (AvgIpc) is 3.22. The van der Waals surface area contributed by atoms with Crippen LogP contribution in [0.15, 0.2) is 64.1 Å². The molecule has 2 aromatic rings. The van der Waals surface area contributed by atoms with Crippen LogP contribution in [0.5, 0.6) is 0 Å². The van der Waals surface area contributed by atoms with E-state index in [9.17, 15) is 4.79 Å². The van der Waals surface area contributed by atoms with Crippen LogP contribution in [-0.2, 0) is 15.1 Å². The maximum Gasteiger partial charge on any atom is 0.346 e. The van der Waals surface area contributed by atoms with E-state index in [0.717, 1.165) is 22.0 Å². The van der Waals surface area contributed by atoms with Crippen molar-refractivity contribution in [1.29, 1.82) is 0 Å². The van der Waals surface area contributed by atoms with Crippen molar-refractivity contribution in [3.05, 3.63) is 80.3 Å². The molecule has 4 nitrogen and oxygen atoms in total. The Kier molecular flexibility index (Phi) is 6.12. The molecule has 0 spiro atoms. The molecule has 2 aromatic carbocycles. The molecular formula is C24H24Cl2N2O2S. The fourth-order valence-electron chi connectivity index (χ4n) is 4.25. The van der Waals surface area contributed by atoms with Crippen molar-refractivity contribution >= 4 is 46.1 Å². The Morgan fingerprint density at radius 3 is 2.26 bits per heavy atom. The minimum absolute atomic E-state index is 0.113. The molecule has 31 heavy (non-hydrogen) atoms. The van der Waals surface area contributed by atoms with Crippen LogP contribution >= 0.6 is 35.0 Å². The largest absolute Gasteiger partial charge is 0.462 e. The zero-order valence-electron chi connectivity index (χ0n) is 17.9. The lowest BCUT2D eigenvalue weighted by atomic mass is 9.81. The summed E-state index contributed by atoms with van der Waals surface area (Å²) in [6.07, 6.45) is 0. The van der Waals surface area contributed by atoms with Gasteiger partial charge in [-0.1, -0.05) is 61.3 Å².